The molecule has 2 nitrogen and oxygen atoms in total. The fourth-order valence-electron chi connectivity index (χ4n) is 2.35. The Morgan fingerprint density at radius 1 is 0.833 bits per heavy atom. The van der Waals surface area contributed by atoms with Crippen LogP contribution in [0.2, 0.25) is 0 Å². The van der Waals surface area contributed by atoms with Gasteiger partial charge in [0.2, 0.25) is 0 Å². The third-order valence-corrected chi connectivity index (χ3v) is 3.47. The Balaban J connectivity index is -0.00000110. The summed E-state index contributed by atoms with van der Waals surface area (Å²) in [6.45, 7) is 9.53. The average Bonchev–Trinajstić information content (AvgIpc) is 2.45. The monoisotopic (exact) mass is 402 g/mol. The predicted molar refractivity (Wildman–Crippen MR) is 105 cm³/mol. The van der Waals surface area contributed by atoms with E-state index in [9.17, 15) is 0 Å². The van der Waals surface area contributed by atoms with Gasteiger partial charge in [0.15, 0.2) is 0 Å². The van der Waals surface area contributed by atoms with E-state index in [1.54, 1.807) is 0 Å². The molecule has 0 bridgehead atoms. The van der Waals surface area contributed by atoms with Crippen molar-refractivity contribution in [1.29, 1.82) is 0 Å². The molecule has 3 heteroatoms. The Hall–Kier alpha value is -0.947. The number of benzene rings is 1. The van der Waals surface area contributed by atoms with Gasteiger partial charge in [0, 0.05) is 11.9 Å². The van der Waals surface area contributed by atoms with Gasteiger partial charge in [0.25, 0.3) is 0 Å². The molecule has 24 heavy (non-hydrogen) atoms. The van der Waals surface area contributed by atoms with Crippen molar-refractivity contribution in [3.63, 3.8) is 0 Å². The van der Waals surface area contributed by atoms with E-state index in [4.69, 9.17) is 5.32 Å². The molecule has 0 N–H and O–H groups in total. The number of para-hydroxylation sites is 1. The summed E-state index contributed by atoms with van der Waals surface area (Å²) in [7, 11) is 0. The summed E-state index contributed by atoms with van der Waals surface area (Å²) in [4.78, 5) is 4.35. The van der Waals surface area contributed by atoms with Crippen molar-refractivity contribution in [2.75, 3.05) is 0 Å². The normalized spacial score (nSPS) is 9.25. The van der Waals surface area contributed by atoms with Gasteiger partial charge >= 0.3 is 26.2 Å². The third-order valence-electron chi connectivity index (χ3n) is 3.47. The van der Waals surface area contributed by atoms with E-state index in [0.29, 0.717) is 18.4 Å². The van der Waals surface area contributed by atoms with E-state index in [0.717, 1.165) is 11.4 Å². The topological polar surface area (TPSA) is 27.0 Å². The molecule has 1 aromatic carbocycles. The SMILES string of the molecule is CC(C)c1cccc(C(C)C)c1[N-]Cc1ccccn1.[CH3-].[CH3-].[CH3-].[Zr+4]. The van der Waals surface area contributed by atoms with Crippen molar-refractivity contribution in [3.05, 3.63) is 87.0 Å². The van der Waals surface area contributed by atoms with Gasteiger partial charge in [-0.05, 0) is 24.0 Å². The molecule has 0 aliphatic rings. The van der Waals surface area contributed by atoms with Crippen molar-refractivity contribution in [3.8, 4) is 0 Å². The van der Waals surface area contributed by atoms with Crippen molar-refractivity contribution in [1.82, 2.24) is 4.98 Å². The summed E-state index contributed by atoms with van der Waals surface area (Å²) in [5, 5.41) is 4.86. The second-order valence-electron chi connectivity index (χ2n) is 5.73. The molecule has 2 rings (SSSR count). The smallest absolute Gasteiger partial charge is 0.679 e. The maximum absolute atomic E-state index is 4.86. The van der Waals surface area contributed by atoms with E-state index in [1.165, 1.54) is 11.1 Å². The van der Waals surface area contributed by atoms with Gasteiger partial charge in [-0.25, -0.2) is 0 Å². The van der Waals surface area contributed by atoms with Crippen molar-refractivity contribution < 1.29 is 26.2 Å². The van der Waals surface area contributed by atoms with Crippen LogP contribution in [0.3, 0.4) is 0 Å². The molecule has 1 heterocycles. The Morgan fingerprint density at radius 3 is 1.79 bits per heavy atom. The van der Waals surface area contributed by atoms with Gasteiger partial charge < -0.3 is 27.6 Å². The number of rotatable bonds is 5. The number of hydrogen-bond acceptors (Lipinski definition) is 1. The van der Waals surface area contributed by atoms with Crippen LogP contribution in [-0.2, 0) is 32.7 Å². The standard InChI is InChI=1S/C18H23N2.3CH3.Zr/c1-13(2)16-9-7-10-17(14(3)4)18(16)20-12-15-8-5-6-11-19-15;;;;/h5-11,13-14H,12H2,1-4H3;3*1H3;/q4*-1;+4. The van der Waals surface area contributed by atoms with E-state index in [1.807, 2.05) is 24.4 Å². The summed E-state index contributed by atoms with van der Waals surface area (Å²) < 4.78 is 0. The van der Waals surface area contributed by atoms with Crippen molar-refractivity contribution in [2.24, 2.45) is 0 Å². The molecule has 0 fully saturated rings. The minimum Gasteiger partial charge on any atom is -0.679 e. The number of hydrogen-bond donors (Lipinski definition) is 0. The second kappa shape index (κ2) is 13.4. The maximum Gasteiger partial charge on any atom is 4.00 e. The third kappa shape index (κ3) is 7.30. The second-order valence-corrected chi connectivity index (χ2v) is 5.73. The summed E-state index contributed by atoms with van der Waals surface area (Å²) in [6, 6.07) is 12.5. The average molecular weight is 404 g/mol. The molecule has 1 aromatic heterocycles. The van der Waals surface area contributed by atoms with E-state index < -0.39 is 0 Å². The van der Waals surface area contributed by atoms with Gasteiger partial charge in [0.1, 0.15) is 0 Å². The fourth-order valence-corrected chi connectivity index (χ4v) is 2.35. The number of aromatic nitrogens is 1. The molecular formula is C21H32N2Zr. The number of nitrogens with zero attached hydrogens (tertiary/aromatic N) is 2. The largest absolute Gasteiger partial charge is 4.00 e. The molecule has 0 atom stereocenters. The molecule has 0 amide bonds. The van der Waals surface area contributed by atoms with Gasteiger partial charge in [-0.15, -0.1) is 5.69 Å². The molecule has 0 aliphatic heterocycles. The zero-order valence-electron chi connectivity index (χ0n) is 16.3. The van der Waals surface area contributed by atoms with Crippen LogP contribution in [0, 0.1) is 22.3 Å². The minimum absolute atomic E-state index is 0. The first-order valence-electron chi connectivity index (χ1n) is 7.29. The van der Waals surface area contributed by atoms with Gasteiger partial charge in [0.05, 0.1) is 0 Å². The van der Waals surface area contributed by atoms with Crippen LogP contribution in [0.1, 0.15) is 56.4 Å². The van der Waals surface area contributed by atoms with Crippen LogP contribution in [0.15, 0.2) is 42.6 Å². The van der Waals surface area contributed by atoms with Crippen LogP contribution in [0.5, 0.6) is 0 Å². The van der Waals surface area contributed by atoms with Gasteiger partial charge in [-0.2, -0.15) is 0 Å². The van der Waals surface area contributed by atoms with E-state index in [2.05, 4.69) is 50.9 Å². The molecule has 0 spiro atoms. The minimum atomic E-state index is 0. The molecular weight excluding hydrogens is 371 g/mol. The summed E-state index contributed by atoms with van der Waals surface area (Å²) >= 11 is 0. The Bertz CT molecular complexity index is 525. The van der Waals surface area contributed by atoms with Crippen LogP contribution in [-0.4, -0.2) is 4.98 Å². The number of pyridine rings is 1. The van der Waals surface area contributed by atoms with E-state index >= 15 is 0 Å². The van der Waals surface area contributed by atoms with E-state index in [-0.39, 0.29) is 48.5 Å². The Kier molecular flexibility index (Phi) is 15.5. The molecule has 0 aliphatic carbocycles. The Morgan fingerprint density at radius 2 is 1.38 bits per heavy atom. The molecule has 0 unspecified atom stereocenters. The zero-order valence-corrected chi connectivity index (χ0v) is 18.8. The van der Waals surface area contributed by atoms with Gasteiger partial charge in [-0.1, -0.05) is 69.6 Å². The summed E-state index contributed by atoms with van der Waals surface area (Å²) in [5.41, 5.74) is 4.82. The first-order valence-corrected chi connectivity index (χ1v) is 7.29. The molecule has 2 aromatic rings. The van der Waals surface area contributed by atoms with Gasteiger partial charge in [-0.3, -0.25) is 4.98 Å². The molecule has 0 saturated heterocycles. The Labute approximate surface area is 169 Å². The quantitative estimate of drug-likeness (QED) is 0.500. The molecule has 0 saturated carbocycles. The van der Waals surface area contributed by atoms with Crippen LogP contribution >= 0.6 is 0 Å². The summed E-state index contributed by atoms with van der Waals surface area (Å²) in [5.74, 6) is 0.965. The van der Waals surface area contributed by atoms with Crippen LogP contribution < -0.4 is 0 Å². The first kappa shape index (κ1) is 27.9. The van der Waals surface area contributed by atoms with Crippen LogP contribution in [0.4, 0.5) is 5.69 Å². The van der Waals surface area contributed by atoms with Crippen molar-refractivity contribution in [2.45, 2.75) is 46.1 Å². The molecule has 130 valence electrons. The predicted octanol–water partition coefficient (Wildman–Crippen LogP) is 6.88. The van der Waals surface area contributed by atoms with Crippen LogP contribution in [0.25, 0.3) is 5.32 Å². The first-order chi connectivity index (χ1) is 9.59. The van der Waals surface area contributed by atoms with Crippen molar-refractivity contribution >= 4 is 5.69 Å². The fraction of sp³-hybridized carbons (Fsp3) is 0.333. The molecule has 0 radical (unpaired) electrons. The summed E-state index contributed by atoms with van der Waals surface area (Å²) in [6.07, 6.45) is 1.82. The zero-order chi connectivity index (χ0) is 14.5. The maximum atomic E-state index is 4.86.